The van der Waals surface area contributed by atoms with E-state index in [1.54, 1.807) is 18.2 Å². The number of carboxylic acids is 1. The highest BCUT2D eigenvalue weighted by Gasteiger charge is 2.22. The standard InChI is InChI=1S/C14H11Cl2N3O2/c15-9-2-1-7(5-10(9)16)13-18-11-6-17-4-3-8(11)12(19-13)14(20)21/h1-2,5,17H,3-4,6H2,(H,20,21). The molecule has 1 aromatic carbocycles. The summed E-state index contributed by atoms with van der Waals surface area (Å²) in [5, 5.41) is 13.3. The zero-order valence-corrected chi connectivity index (χ0v) is 12.4. The Labute approximate surface area is 130 Å². The van der Waals surface area contributed by atoms with Gasteiger partial charge in [-0.15, -0.1) is 0 Å². The maximum atomic E-state index is 11.4. The lowest BCUT2D eigenvalue weighted by Gasteiger charge is -2.18. The van der Waals surface area contributed by atoms with Gasteiger partial charge in [0.05, 0.1) is 15.7 Å². The van der Waals surface area contributed by atoms with Crippen LogP contribution in [-0.4, -0.2) is 27.6 Å². The number of carbonyl (C=O) groups is 1. The Balaban J connectivity index is 2.16. The minimum Gasteiger partial charge on any atom is -0.476 e. The number of nitrogens with zero attached hydrogens (tertiary/aromatic N) is 2. The van der Waals surface area contributed by atoms with Crippen molar-refractivity contribution in [3.63, 3.8) is 0 Å². The number of hydrogen-bond acceptors (Lipinski definition) is 4. The van der Waals surface area contributed by atoms with E-state index in [1.807, 2.05) is 0 Å². The first-order valence-electron chi connectivity index (χ1n) is 6.35. The van der Waals surface area contributed by atoms with E-state index in [2.05, 4.69) is 15.3 Å². The fraction of sp³-hybridized carbons (Fsp3) is 0.214. The van der Waals surface area contributed by atoms with Crippen LogP contribution in [-0.2, 0) is 13.0 Å². The predicted octanol–water partition coefficient (Wildman–Crippen LogP) is 2.79. The molecule has 0 atom stereocenters. The smallest absolute Gasteiger partial charge is 0.354 e. The number of aromatic carboxylic acids is 1. The summed E-state index contributed by atoms with van der Waals surface area (Å²) >= 11 is 11.9. The molecule has 21 heavy (non-hydrogen) atoms. The molecule has 0 bridgehead atoms. The number of nitrogens with one attached hydrogen (secondary N) is 1. The summed E-state index contributed by atoms with van der Waals surface area (Å²) in [6.45, 7) is 1.26. The maximum absolute atomic E-state index is 11.4. The number of halogens is 2. The van der Waals surface area contributed by atoms with Crippen molar-refractivity contribution in [3.05, 3.63) is 45.2 Å². The molecular formula is C14H11Cl2N3O2. The zero-order valence-electron chi connectivity index (χ0n) is 10.9. The van der Waals surface area contributed by atoms with Gasteiger partial charge in [0, 0.05) is 17.7 Å². The van der Waals surface area contributed by atoms with Gasteiger partial charge in [0.15, 0.2) is 11.5 Å². The minimum absolute atomic E-state index is 0.0579. The van der Waals surface area contributed by atoms with Crippen molar-refractivity contribution in [2.75, 3.05) is 6.54 Å². The van der Waals surface area contributed by atoms with Crippen LogP contribution in [0.15, 0.2) is 18.2 Å². The topological polar surface area (TPSA) is 75.1 Å². The first-order chi connectivity index (χ1) is 10.1. The molecule has 0 amide bonds. The number of benzene rings is 1. The third kappa shape index (κ3) is 2.72. The molecule has 2 aromatic rings. The molecule has 108 valence electrons. The zero-order chi connectivity index (χ0) is 15.0. The van der Waals surface area contributed by atoms with Gasteiger partial charge < -0.3 is 10.4 Å². The van der Waals surface area contributed by atoms with Gasteiger partial charge in [-0.1, -0.05) is 23.2 Å². The van der Waals surface area contributed by atoms with Gasteiger partial charge in [-0.2, -0.15) is 0 Å². The lowest BCUT2D eigenvalue weighted by molar-refractivity contribution is 0.0688. The maximum Gasteiger partial charge on any atom is 0.354 e. The summed E-state index contributed by atoms with van der Waals surface area (Å²) in [4.78, 5) is 20.1. The largest absolute Gasteiger partial charge is 0.476 e. The van der Waals surface area contributed by atoms with Crippen LogP contribution in [0.3, 0.4) is 0 Å². The van der Waals surface area contributed by atoms with Gasteiger partial charge in [0.1, 0.15) is 0 Å². The van der Waals surface area contributed by atoms with Gasteiger partial charge in [-0.3, -0.25) is 0 Å². The third-order valence-corrected chi connectivity index (χ3v) is 4.06. The van der Waals surface area contributed by atoms with Crippen molar-refractivity contribution in [2.24, 2.45) is 0 Å². The number of rotatable bonds is 2. The summed E-state index contributed by atoms with van der Waals surface area (Å²) in [7, 11) is 0. The van der Waals surface area contributed by atoms with Crippen molar-refractivity contribution < 1.29 is 9.90 Å². The molecule has 2 N–H and O–H groups in total. The van der Waals surface area contributed by atoms with Crippen LogP contribution >= 0.6 is 23.2 Å². The Kier molecular flexibility index (Phi) is 3.80. The molecule has 0 spiro atoms. The molecule has 1 aromatic heterocycles. The normalized spacial score (nSPS) is 13.8. The Morgan fingerprint density at radius 3 is 2.76 bits per heavy atom. The minimum atomic E-state index is -1.04. The summed E-state index contributed by atoms with van der Waals surface area (Å²) in [6, 6.07) is 4.99. The van der Waals surface area contributed by atoms with Gasteiger partial charge >= 0.3 is 5.97 Å². The Morgan fingerprint density at radius 1 is 1.24 bits per heavy atom. The summed E-state index contributed by atoms with van der Waals surface area (Å²) in [5.74, 6) is -0.703. The van der Waals surface area contributed by atoms with Crippen LogP contribution in [0, 0.1) is 0 Å². The van der Waals surface area contributed by atoms with Crippen LogP contribution in [0.5, 0.6) is 0 Å². The van der Waals surface area contributed by atoms with Crippen LogP contribution in [0.4, 0.5) is 0 Å². The van der Waals surface area contributed by atoms with E-state index in [9.17, 15) is 9.90 Å². The summed E-state index contributed by atoms with van der Waals surface area (Å²) in [5.41, 5.74) is 2.11. The second kappa shape index (κ2) is 5.60. The Hall–Kier alpha value is -1.69. The van der Waals surface area contributed by atoms with E-state index < -0.39 is 5.97 Å². The SMILES string of the molecule is O=C(O)c1nc(-c2ccc(Cl)c(Cl)c2)nc2c1CCNC2. The van der Waals surface area contributed by atoms with Crippen LogP contribution < -0.4 is 5.32 Å². The molecule has 3 rings (SSSR count). The fourth-order valence-corrected chi connectivity index (χ4v) is 2.60. The fourth-order valence-electron chi connectivity index (χ4n) is 2.30. The van der Waals surface area contributed by atoms with Crippen LogP contribution in [0.2, 0.25) is 10.0 Å². The van der Waals surface area contributed by atoms with E-state index in [4.69, 9.17) is 23.2 Å². The number of fused-ring (bicyclic) bond motifs is 1. The van der Waals surface area contributed by atoms with Crippen LogP contribution in [0.1, 0.15) is 21.7 Å². The van der Waals surface area contributed by atoms with Crippen LogP contribution in [0.25, 0.3) is 11.4 Å². The second-order valence-corrected chi connectivity index (χ2v) is 5.50. The average Bonchev–Trinajstić information content (AvgIpc) is 2.48. The molecule has 7 heteroatoms. The van der Waals surface area contributed by atoms with Crippen molar-refractivity contribution in [1.82, 2.24) is 15.3 Å². The van der Waals surface area contributed by atoms with E-state index in [0.717, 1.165) is 12.2 Å². The van der Waals surface area contributed by atoms with E-state index in [1.165, 1.54) is 0 Å². The summed E-state index contributed by atoms with van der Waals surface area (Å²) in [6.07, 6.45) is 0.610. The van der Waals surface area contributed by atoms with Gasteiger partial charge in [-0.05, 0) is 31.2 Å². The van der Waals surface area contributed by atoms with E-state index in [0.29, 0.717) is 40.0 Å². The first kappa shape index (κ1) is 14.3. The highest BCUT2D eigenvalue weighted by molar-refractivity contribution is 6.42. The van der Waals surface area contributed by atoms with E-state index >= 15 is 0 Å². The predicted molar refractivity (Wildman–Crippen MR) is 79.9 cm³/mol. The highest BCUT2D eigenvalue weighted by atomic mass is 35.5. The molecule has 0 radical (unpaired) electrons. The van der Waals surface area contributed by atoms with Crippen molar-refractivity contribution in [3.8, 4) is 11.4 Å². The highest BCUT2D eigenvalue weighted by Crippen LogP contribution is 2.28. The molecule has 0 unspecified atom stereocenters. The molecular weight excluding hydrogens is 313 g/mol. The third-order valence-electron chi connectivity index (χ3n) is 3.32. The lowest BCUT2D eigenvalue weighted by Crippen LogP contribution is -2.27. The molecule has 0 aliphatic carbocycles. The number of carboxylic acid groups (broad SMARTS) is 1. The molecule has 1 aliphatic rings. The first-order valence-corrected chi connectivity index (χ1v) is 7.11. The average molecular weight is 324 g/mol. The molecule has 5 nitrogen and oxygen atoms in total. The summed E-state index contributed by atoms with van der Waals surface area (Å²) < 4.78 is 0. The second-order valence-electron chi connectivity index (χ2n) is 4.68. The Bertz CT molecular complexity index is 734. The van der Waals surface area contributed by atoms with E-state index in [-0.39, 0.29) is 5.69 Å². The molecule has 0 fully saturated rings. The van der Waals surface area contributed by atoms with Gasteiger partial charge in [0.25, 0.3) is 0 Å². The van der Waals surface area contributed by atoms with Crippen molar-refractivity contribution >= 4 is 29.2 Å². The van der Waals surface area contributed by atoms with Gasteiger partial charge in [0.2, 0.25) is 0 Å². The molecule has 0 saturated heterocycles. The van der Waals surface area contributed by atoms with Crippen molar-refractivity contribution in [2.45, 2.75) is 13.0 Å². The number of hydrogen-bond donors (Lipinski definition) is 2. The van der Waals surface area contributed by atoms with Gasteiger partial charge in [-0.25, -0.2) is 14.8 Å². The molecule has 0 saturated carbocycles. The lowest BCUT2D eigenvalue weighted by atomic mass is 10.0. The quantitative estimate of drug-likeness (QED) is 0.888. The Morgan fingerprint density at radius 2 is 2.05 bits per heavy atom. The monoisotopic (exact) mass is 323 g/mol. The molecule has 2 heterocycles. The molecule has 1 aliphatic heterocycles. The number of aromatic nitrogens is 2. The van der Waals surface area contributed by atoms with Crippen molar-refractivity contribution in [1.29, 1.82) is 0 Å².